The molecule has 3 aromatic rings. The molecule has 114 valence electrons. The minimum atomic E-state index is 0.704. The maximum absolute atomic E-state index is 9.21. The number of furan rings is 1. The summed E-state index contributed by atoms with van der Waals surface area (Å²) in [5, 5.41) is 9.21. The summed E-state index contributed by atoms with van der Waals surface area (Å²) < 4.78 is 5.37. The minimum absolute atomic E-state index is 0.704. The van der Waals surface area contributed by atoms with Gasteiger partial charge in [-0.15, -0.1) is 0 Å². The molecule has 3 nitrogen and oxygen atoms in total. The van der Waals surface area contributed by atoms with Crippen molar-refractivity contribution in [2.45, 2.75) is 13.1 Å². The zero-order chi connectivity index (χ0) is 16.1. The molecule has 0 spiro atoms. The summed E-state index contributed by atoms with van der Waals surface area (Å²) in [4.78, 5) is 2.21. The van der Waals surface area contributed by atoms with Crippen molar-refractivity contribution in [2.24, 2.45) is 0 Å². The molecule has 0 unspecified atom stereocenters. The van der Waals surface area contributed by atoms with Gasteiger partial charge in [-0.05, 0) is 41.9 Å². The van der Waals surface area contributed by atoms with Crippen molar-refractivity contribution in [3.05, 3.63) is 83.8 Å². The van der Waals surface area contributed by atoms with Gasteiger partial charge in [0.25, 0.3) is 0 Å². The number of hydrogen-bond donors (Lipinski definition) is 0. The molecule has 0 saturated heterocycles. The van der Waals surface area contributed by atoms with Crippen LogP contribution in [0.2, 0.25) is 0 Å². The lowest BCUT2D eigenvalue weighted by Gasteiger charge is -2.15. The fourth-order valence-corrected chi connectivity index (χ4v) is 2.66. The lowest BCUT2D eigenvalue weighted by atomic mass is 9.99. The normalized spacial score (nSPS) is 10.7. The average molecular weight is 302 g/mol. The fraction of sp³-hybridized carbons (Fsp3) is 0.150. The third-order valence-electron chi connectivity index (χ3n) is 3.77. The Balaban J connectivity index is 1.71. The molecule has 0 aliphatic heterocycles. The number of hydrogen-bond acceptors (Lipinski definition) is 3. The van der Waals surface area contributed by atoms with Gasteiger partial charge < -0.3 is 4.42 Å². The van der Waals surface area contributed by atoms with Crippen LogP contribution in [0.3, 0.4) is 0 Å². The van der Waals surface area contributed by atoms with Crippen molar-refractivity contribution in [3.8, 4) is 17.2 Å². The summed E-state index contributed by atoms with van der Waals surface area (Å²) >= 11 is 0. The monoisotopic (exact) mass is 302 g/mol. The molecular weight excluding hydrogens is 284 g/mol. The van der Waals surface area contributed by atoms with Crippen LogP contribution in [0.15, 0.2) is 71.3 Å². The van der Waals surface area contributed by atoms with E-state index < -0.39 is 0 Å². The van der Waals surface area contributed by atoms with Crippen molar-refractivity contribution in [3.63, 3.8) is 0 Å². The zero-order valence-corrected chi connectivity index (χ0v) is 13.1. The maximum atomic E-state index is 9.21. The number of nitriles is 1. The van der Waals surface area contributed by atoms with E-state index in [4.69, 9.17) is 4.42 Å². The highest BCUT2D eigenvalue weighted by atomic mass is 16.3. The Morgan fingerprint density at radius 3 is 2.43 bits per heavy atom. The van der Waals surface area contributed by atoms with E-state index in [2.05, 4.69) is 42.3 Å². The van der Waals surface area contributed by atoms with E-state index in [1.54, 1.807) is 6.26 Å². The Morgan fingerprint density at radius 1 is 0.957 bits per heavy atom. The van der Waals surface area contributed by atoms with E-state index in [9.17, 15) is 5.26 Å². The maximum Gasteiger partial charge on any atom is 0.117 e. The molecule has 0 amide bonds. The molecule has 3 rings (SSSR count). The fourth-order valence-electron chi connectivity index (χ4n) is 2.66. The van der Waals surface area contributed by atoms with Crippen LogP contribution in [0, 0.1) is 11.3 Å². The Morgan fingerprint density at radius 2 is 1.74 bits per heavy atom. The first-order valence-corrected chi connectivity index (χ1v) is 7.55. The predicted octanol–water partition coefficient (Wildman–Crippen LogP) is 4.45. The van der Waals surface area contributed by atoms with Crippen molar-refractivity contribution in [1.29, 1.82) is 5.26 Å². The van der Waals surface area contributed by atoms with E-state index >= 15 is 0 Å². The number of rotatable bonds is 5. The van der Waals surface area contributed by atoms with Crippen molar-refractivity contribution < 1.29 is 4.42 Å². The molecule has 0 aliphatic rings. The summed E-state index contributed by atoms with van der Waals surface area (Å²) in [7, 11) is 2.07. The molecule has 1 heterocycles. The van der Waals surface area contributed by atoms with E-state index in [1.165, 1.54) is 5.56 Å². The molecule has 0 fully saturated rings. The highest BCUT2D eigenvalue weighted by molar-refractivity contribution is 5.70. The van der Waals surface area contributed by atoms with Gasteiger partial charge >= 0.3 is 0 Å². The van der Waals surface area contributed by atoms with Crippen molar-refractivity contribution >= 4 is 0 Å². The summed E-state index contributed by atoms with van der Waals surface area (Å²) in [5.41, 5.74) is 3.98. The van der Waals surface area contributed by atoms with Gasteiger partial charge in [0.15, 0.2) is 0 Å². The topological polar surface area (TPSA) is 40.2 Å². The van der Waals surface area contributed by atoms with E-state index in [1.807, 2.05) is 36.4 Å². The quantitative estimate of drug-likeness (QED) is 0.699. The van der Waals surface area contributed by atoms with Crippen LogP contribution in [-0.2, 0) is 13.1 Å². The molecule has 0 radical (unpaired) electrons. The van der Waals surface area contributed by atoms with E-state index in [0.29, 0.717) is 5.56 Å². The first kappa shape index (κ1) is 15.1. The first-order chi connectivity index (χ1) is 11.3. The summed E-state index contributed by atoms with van der Waals surface area (Å²) in [6.45, 7) is 1.63. The average Bonchev–Trinajstić information content (AvgIpc) is 3.08. The van der Waals surface area contributed by atoms with Crippen molar-refractivity contribution in [2.75, 3.05) is 7.05 Å². The van der Waals surface area contributed by atoms with Crippen LogP contribution in [0.1, 0.15) is 16.9 Å². The molecule has 0 aliphatic carbocycles. The van der Waals surface area contributed by atoms with Gasteiger partial charge in [-0.25, -0.2) is 0 Å². The Bertz CT molecular complexity index is 798. The lowest BCUT2D eigenvalue weighted by molar-refractivity contribution is 0.288. The Hall–Kier alpha value is -2.83. The Labute approximate surface area is 136 Å². The summed E-state index contributed by atoms with van der Waals surface area (Å²) in [5.74, 6) is 0.965. The highest BCUT2D eigenvalue weighted by Crippen LogP contribution is 2.23. The van der Waals surface area contributed by atoms with Crippen LogP contribution >= 0.6 is 0 Å². The van der Waals surface area contributed by atoms with Gasteiger partial charge in [-0.2, -0.15) is 5.26 Å². The smallest absolute Gasteiger partial charge is 0.117 e. The molecule has 0 saturated carbocycles. The standard InChI is InChI=1S/C20H18N2O/c1-22(15-19-6-4-12-23-19)14-16-8-10-17(11-9-16)20-7-3-2-5-18(20)13-21/h2-12H,14-15H2,1H3. The van der Waals surface area contributed by atoms with Crippen LogP contribution in [0.5, 0.6) is 0 Å². The Kier molecular flexibility index (Phi) is 4.56. The van der Waals surface area contributed by atoms with Crippen LogP contribution in [-0.4, -0.2) is 11.9 Å². The largest absolute Gasteiger partial charge is 0.468 e. The first-order valence-electron chi connectivity index (χ1n) is 7.55. The highest BCUT2D eigenvalue weighted by Gasteiger charge is 2.06. The third-order valence-corrected chi connectivity index (χ3v) is 3.77. The van der Waals surface area contributed by atoms with Crippen molar-refractivity contribution in [1.82, 2.24) is 4.90 Å². The van der Waals surface area contributed by atoms with Gasteiger partial charge in [0, 0.05) is 6.54 Å². The molecular formula is C20H18N2O. The second kappa shape index (κ2) is 6.95. The summed E-state index contributed by atoms with van der Waals surface area (Å²) in [6.07, 6.45) is 1.70. The van der Waals surface area contributed by atoms with Crippen LogP contribution in [0.4, 0.5) is 0 Å². The van der Waals surface area contributed by atoms with Gasteiger partial charge in [-0.3, -0.25) is 4.90 Å². The SMILES string of the molecule is CN(Cc1ccc(-c2ccccc2C#N)cc1)Cc1ccco1. The van der Waals surface area contributed by atoms with Crippen LogP contribution < -0.4 is 0 Å². The molecule has 0 atom stereocenters. The van der Waals surface area contributed by atoms with Gasteiger partial charge in [0.2, 0.25) is 0 Å². The van der Waals surface area contributed by atoms with E-state index in [-0.39, 0.29) is 0 Å². The van der Waals surface area contributed by atoms with Gasteiger partial charge in [-0.1, -0.05) is 42.5 Å². The minimum Gasteiger partial charge on any atom is -0.468 e. The zero-order valence-electron chi connectivity index (χ0n) is 13.1. The molecule has 1 aromatic heterocycles. The molecule has 0 bridgehead atoms. The molecule has 3 heteroatoms. The van der Waals surface area contributed by atoms with Gasteiger partial charge in [0.1, 0.15) is 5.76 Å². The van der Waals surface area contributed by atoms with Crippen LogP contribution in [0.25, 0.3) is 11.1 Å². The lowest BCUT2D eigenvalue weighted by Crippen LogP contribution is -2.16. The number of benzene rings is 2. The van der Waals surface area contributed by atoms with E-state index in [0.717, 1.165) is 30.0 Å². The molecule has 23 heavy (non-hydrogen) atoms. The predicted molar refractivity (Wildman–Crippen MR) is 90.5 cm³/mol. The van der Waals surface area contributed by atoms with Gasteiger partial charge in [0.05, 0.1) is 24.4 Å². The third kappa shape index (κ3) is 3.68. The second-order valence-electron chi connectivity index (χ2n) is 5.61. The molecule has 0 N–H and O–H groups in total. The number of nitrogens with zero attached hydrogens (tertiary/aromatic N) is 2. The summed E-state index contributed by atoms with van der Waals surface area (Å²) in [6, 6.07) is 22.2. The second-order valence-corrected chi connectivity index (χ2v) is 5.61. The molecule has 2 aromatic carbocycles.